The van der Waals surface area contributed by atoms with Gasteiger partial charge in [0.25, 0.3) is 0 Å². The van der Waals surface area contributed by atoms with Crippen LogP contribution in [0.25, 0.3) is 11.1 Å². The molecule has 0 aliphatic carbocycles. The molecule has 1 heterocycles. The fourth-order valence-corrected chi connectivity index (χ4v) is 2.52. The summed E-state index contributed by atoms with van der Waals surface area (Å²) in [6.07, 6.45) is 0.123. The van der Waals surface area contributed by atoms with Crippen LogP contribution in [0.15, 0.2) is 51.7 Å². The lowest BCUT2D eigenvalue weighted by atomic mass is 10.2. The van der Waals surface area contributed by atoms with Crippen LogP contribution in [-0.2, 0) is 17.9 Å². The summed E-state index contributed by atoms with van der Waals surface area (Å²) in [5, 5.41) is 3.20. The van der Waals surface area contributed by atoms with E-state index in [4.69, 9.17) is 16.0 Å². The summed E-state index contributed by atoms with van der Waals surface area (Å²) in [6, 6.07) is 10.8. The normalized spacial score (nSPS) is 10.9. The van der Waals surface area contributed by atoms with Crippen LogP contribution in [0.5, 0.6) is 0 Å². The minimum atomic E-state index is -0.529. The summed E-state index contributed by atoms with van der Waals surface area (Å²) in [6.45, 7) is 0.498. The number of aryl methyl sites for hydroxylation is 1. The molecule has 24 heavy (non-hydrogen) atoms. The van der Waals surface area contributed by atoms with Crippen LogP contribution in [0.4, 0.5) is 4.39 Å². The highest BCUT2D eigenvalue weighted by atomic mass is 35.5. The summed E-state index contributed by atoms with van der Waals surface area (Å²) in [7, 11) is 0. The predicted octanol–water partition coefficient (Wildman–Crippen LogP) is 3.09. The van der Waals surface area contributed by atoms with E-state index in [1.54, 1.807) is 30.3 Å². The lowest BCUT2D eigenvalue weighted by Crippen LogP contribution is -2.25. The van der Waals surface area contributed by atoms with Crippen LogP contribution < -0.4 is 11.1 Å². The van der Waals surface area contributed by atoms with Crippen molar-refractivity contribution in [1.29, 1.82) is 0 Å². The van der Waals surface area contributed by atoms with Crippen molar-refractivity contribution in [1.82, 2.24) is 9.88 Å². The van der Waals surface area contributed by atoms with Gasteiger partial charge in [-0.3, -0.25) is 9.36 Å². The molecule has 7 heteroatoms. The summed E-state index contributed by atoms with van der Waals surface area (Å²) in [5.41, 5.74) is 1.78. The predicted molar refractivity (Wildman–Crippen MR) is 88.3 cm³/mol. The van der Waals surface area contributed by atoms with Crippen molar-refractivity contribution in [2.24, 2.45) is 0 Å². The number of nitrogens with one attached hydrogen (secondary N) is 1. The molecule has 124 valence electrons. The summed E-state index contributed by atoms with van der Waals surface area (Å²) in [5.74, 6) is -1.07. The van der Waals surface area contributed by atoms with Crippen LogP contribution in [0.1, 0.15) is 12.0 Å². The molecule has 3 rings (SSSR count). The quantitative estimate of drug-likeness (QED) is 0.770. The topological polar surface area (TPSA) is 64.2 Å². The van der Waals surface area contributed by atoms with E-state index >= 15 is 0 Å². The van der Waals surface area contributed by atoms with E-state index in [9.17, 15) is 14.0 Å². The Bertz CT molecular complexity index is 931. The number of amides is 1. The van der Waals surface area contributed by atoms with E-state index in [1.807, 2.05) is 0 Å². The number of carbonyl (C=O) groups excluding carboxylic acids is 1. The van der Waals surface area contributed by atoms with Gasteiger partial charge in [-0.25, -0.2) is 9.18 Å². The Labute approximate surface area is 141 Å². The zero-order valence-electron chi connectivity index (χ0n) is 12.6. The van der Waals surface area contributed by atoms with Crippen LogP contribution in [0.3, 0.4) is 0 Å². The average Bonchev–Trinajstić information content (AvgIpc) is 2.86. The molecule has 0 aliphatic heterocycles. The zero-order valence-corrected chi connectivity index (χ0v) is 13.3. The first-order chi connectivity index (χ1) is 11.5. The van der Waals surface area contributed by atoms with Crippen LogP contribution in [-0.4, -0.2) is 10.5 Å². The second kappa shape index (κ2) is 6.88. The number of oxazole rings is 1. The van der Waals surface area contributed by atoms with Gasteiger partial charge in [-0.2, -0.15) is 0 Å². The average molecular weight is 349 g/mol. The lowest BCUT2D eigenvalue weighted by Gasteiger charge is -2.06. The third-order valence-electron chi connectivity index (χ3n) is 3.60. The van der Waals surface area contributed by atoms with E-state index in [1.165, 1.54) is 16.7 Å². The van der Waals surface area contributed by atoms with E-state index in [2.05, 4.69) is 5.32 Å². The minimum Gasteiger partial charge on any atom is -0.408 e. The third-order valence-corrected chi connectivity index (χ3v) is 3.83. The van der Waals surface area contributed by atoms with Crippen molar-refractivity contribution in [2.75, 3.05) is 0 Å². The molecule has 0 atom stereocenters. The standard InChI is InChI=1S/C17H14ClFN2O3/c18-12-3-6-14-15(9-12)24-17(23)21(14)8-7-16(22)20-10-11-1-4-13(19)5-2-11/h1-6,9H,7-8,10H2,(H,20,22). The summed E-state index contributed by atoms with van der Waals surface area (Å²) in [4.78, 5) is 23.8. The largest absolute Gasteiger partial charge is 0.419 e. The molecular weight excluding hydrogens is 335 g/mol. The number of aromatic nitrogens is 1. The Morgan fingerprint density at radius 1 is 1.21 bits per heavy atom. The molecule has 2 aromatic carbocycles. The van der Waals surface area contributed by atoms with Crippen molar-refractivity contribution < 1.29 is 13.6 Å². The van der Waals surface area contributed by atoms with Gasteiger partial charge in [0.1, 0.15) is 5.82 Å². The third kappa shape index (κ3) is 3.65. The summed E-state index contributed by atoms with van der Waals surface area (Å²) >= 11 is 5.86. The number of hydrogen-bond acceptors (Lipinski definition) is 3. The number of carbonyl (C=O) groups is 1. The number of benzene rings is 2. The SMILES string of the molecule is O=C(CCn1c(=O)oc2cc(Cl)ccc21)NCc1ccc(F)cc1. The van der Waals surface area contributed by atoms with Crippen molar-refractivity contribution >= 4 is 28.6 Å². The van der Waals surface area contributed by atoms with Gasteiger partial charge in [0.05, 0.1) is 5.52 Å². The van der Waals surface area contributed by atoms with Crippen molar-refractivity contribution in [2.45, 2.75) is 19.5 Å². The molecule has 3 aromatic rings. The van der Waals surface area contributed by atoms with Crippen LogP contribution in [0, 0.1) is 5.82 Å². The smallest absolute Gasteiger partial charge is 0.408 e. The van der Waals surface area contributed by atoms with E-state index < -0.39 is 5.76 Å². The van der Waals surface area contributed by atoms with Crippen molar-refractivity contribution in [3.63, 3.8) is 0 Å². The molecule has 0 aliphatic rings. The first-order valence-electron chi connectivity index (χ1n) is 7.33. The molecule has 5 nitrogen and oxygen atoms in total. The Hall–Kier alpha value is -2.60. The molecule has 0 radical (unpaired) electrons. The molecule has 1 amide bonds. The zero-order chi connectivity index (χ0) is 17.1. The fraction of sp³-hybridized carbons (Fsp3) is 0.176. The maximum Gasteiger partial charge on any atom is 0.419 e. The Morgan fingerprint density at radius 2 is 1.96 bits per heavy atom. The van der Waals surface area contributed by atoms with Gasteiger partial charge < -0.3 is 9.73 Å². The highest BCUT2D eigenvalue weighted by Gasteiger charge is 2.11. The van der Waals surface area contributed by atoms with Gasteiger partial charge in [-0.05, 0) is 29.8 Å². The first kappa shape index (κ1) is 16.3. The molecule has 0 spiro atoms. The Balaban J connectivity index is 1.61. The molecule has 1 aromatic heterocycles. The van der Waals surface area contributed by atoms with Gasteiger partial charge in [0.2, 0.25) is 5.91 Å². The molecule has 0 unspecified atom stereocenters. The molecule has 0 fully saturated rings. The van der Waals surface area contributed by atoms with E-state index in [-0.39, 0.29) is 24.7 Å². The number of rotatable bonds is 5. The first-order valence-corrected chi connectivity index (χ1v) is 7.71. The molecular formula is C17H14ClFN2O3. The fourth-order valence-electron chi connectivity index (χ4n) is 2.36. The Morgan fingerprint density at radius 3 is 2.71 bits per heavy atom. The molecule has 0 saturated heterocycles. The monoisotopic (exact) mass is 348 g/mol. The highest BCUT2D eigenvalue weighted by molar-refractivity contribution is 6.31. The maximum atomic E-state index is 12.8. The minimum absolute atomic E-state index is 0.123. The second-order valence-electron chi connectivity index (χ2n) is 5.28. The number of halogens is 2. The van der Waals surface area contributed by atoms with Crippen LogP contribution in [0.2, 0.25) is 5.02 Å². The van der Waals surface area contributed by atoms with E-state index in [0.717, 1.165) is 5.56 Å². The highest BCUT2D eigenvalue weighted by Crippen LogP contribution is 2.18. The van der Waals surface area contributed by atoms with Crippen LogP contribution >= 0.6 is 11.6 Å². The van der Waals surface area contributed by atoms with Gasteiger partial charge >= 0.3 is 5.76 Å². The number of hydrogen-bond donors (Lipinski definition) is 1. The summed E-state index contributed by atoms with van der Waals surface area (Å²) < 4.78 is 19.3. The van der Waals surface area contributed by atoms with Crippen molar-refractivity contribution in [3.05, 3.63) is 69.4 Å². The van der Waals surface area contributed by atoms with Crippen molar-refractivity contribution in [3.8, 4) is 0 Å². The molecule has 1 N–H and O–H groups in total. The van der Waals surface area contributed by atoms with Gasteiger partial charge in [0, 0.05) is 30.6 Å². The van der Waals surface area contributed by atoms with E-state index in [0.29, 0.717) is 22.7 Å². The van der Waals surface area contributed by atoms with Gasteiger partial charge in [0.15, 0.2) is 5.58 Å². The molecule has 0 saturated carbocycles. The van der Waals surface area contributed by atoms with Gasteiger partial charge in [-0.1, -0.05) is 23.7 Å². The number of fused-ring (bicyclic) bond motifs is 1. The lowest BCUT2D eigenvalue weighted by molar-refractivity contribution is -0.121. The Kier molecular flexibility index (Phi) is 4.66. The molecule has 0 bridgehead atoms. The number of nitrogens with zero attached hydrogens (tertiary/aromatic N) is 1. The maximum absolute atomic E-state index is 12.8. The second-order valence-corrected chi connectivity index (χ2v) is 5.72. The van der Waals surface area contributed by atoms with Gasteiger partial charge in [-0.15, -0.1) is 0 Å².